The number of ether oxygens (including phenoxy) is 1. The number of rotatable bonds is 6. The molecule has 0 radical (unpaired) electrons. The molecule has 134 valence electrons. The quantitative estimate of drug-likeness (QED) is 0.699. The summed E-state index contributed by atoms with van der Waals surface area (Å²) in [6, 6.07) is 11.6. The maximum atomic E-state index is 12.5. The summed E-state index contributed by atoms with van der Waals surface area (Å²) in [5, 5.41) is 0.235. The van der Waals surface area contributed by atoms with E-state index in [0.717, 1.165) is 16.8 Å². The maximum Gasteiger partial charge on any atom is 0.240 e. The van der Waals surface area contributed by atoms with Gasteiger partial charge in [-0.3, -0.25) is 9.97 Å². The fourth-order valence-electron chi connectivity index (χ4n) is 2.34. The summed E-state index contributed by atoms with van der Waals surface area (Å²) in [5.41, 5.74) is 2.44. The molecule has 1 aromatic carbocycles. The van der Waals surface area contributed by atoms with Gasteiger partial charge in [-0.05, 0) is 48.0 Å². The van der Waals surface area contributed by atoms with Crippen LogP contribution in [0.4, 0.5) is 0 Å². The third-order valence-corrected chi connectivity index (χ3v) is 5.39. The zero-order chi connectivity index (χ0) is 18.6. The summed E-state index contributed by atoms with van der Waals surface area (Å²) < 4.78 is 32.6. The second-order valence-corrected chi connectivity index (χ2v) is 7.58. The zero-order valence-corrected chi connectivity index (χ0v) is 15.5. The average Bonchev–Trinajstić information content (AvgIpc) is 2.67. The van der Waals surface area contributed by atoms with E-state index in [1.807, 2.05) is 18.2 Å². The van der Waals surface area contributed by atoms with Gasteiger partial charge < -0.3 is 4.74 Å². The highest BCUT2D eigenvalue weighted by Gasteiger charge is 2.16. The molecule has 3 aromatic rings. The van der Waals surface area contributed by atoms with Crippen LogP contribution in [0.3, 0.4) is 0 Å². The summed E-state index contributed by atoms with van der Waals surface area (Å²) in [4.78, 5) is 8.36. The van der Waals surface area contributed by atoms with E-state index in [0.29, 0.717) is 5.75 Å². The molecular weight excluding hydrogens is 374 g/mol. The van der Waals surface area contributed by atoms with Gasteiger partial charge in [0, 0.05) is 30.7 Å². The van der Waals surface area contributed by atoms with Gasteiger partial charge in [0.15, 0.2) is 0 Å². The summed E-state index contributed by atoms with van der Waals surface area (Å²) in [6.45, 7) is 0.132. The summed E-state index contributed by atoms with van der Waals surface area (Å²) >= 11 is 6.01. The number of pyridine rings is 2. The van der Waals surface area contributed by atoms with Crippen LogP contribution in [0.1, 0.15) is 5.56 Å². The maximum absolute atomic E-state index is 12.5. The van der Waals surface area contributed by atoms with Gasteiger partial charge in [0.2, 0.25) is 10.0 Å². The van der Waals surface area contributed by atoms with Crippen molar-refractivity contribution >= 4 is 21.6 Å². The first-order valence-electron chi connectivity index (χ1n) is 7.68. The SMILES string of the molecule is COc1ccc(S(=O)(=O)NCc2ccnc(-c3ccncc3)c2)cc1Cl. The number of halogens is 1. The molecule has 0 amide bonds. The van der Waals surface area contributed by atoms with Crippen molar-refractivity contribution in [3.05, 3.63) is 71.6 Å². The molecule has 0 unspecified atom stereocenters. The molecule has 2 heterocycles. The summed E-state index contributed by atoms with van der Waals surface area (Å²) in [7, 11) is -2.23. The number of nitrogens with one attached hydrogen (secondary N) is 1. The second kappa shape index (κ2) is 7.82. The first-order chi connectivity index (χ1) is 12.5. The topological polar surface area (TPSA) is 81.2 Å². The van der Waals surface area contributed by atoms with Crippen molar-refractivity contribution in [1.29, 1.82) is 0 Å². The van der Waals surface area contributed by atoms with E-state index in [1.165, 1.54) is 25.3 Å². The van der Waals surface area contributed by atoms with Crippen LogP contribution < -0.4 is 9.46 Å². The standard InChI is InChI=1S/C18H16ClN3O3S/c1-25-18-3-2-15(11-16(18)19)26(23,24)22-12-13-4-9-21-17(10-13)14-5-7-20-8-6-14/h2-11,22H,12H2,1H3. The lowest BCUT2D eigenvalue weighted by Gasteiger charge is -2.10. The van der Waals surface area contributed by atoms with Crippen LogP contribution in [0.2, 0.25) is 5.02 Å². The van der Waals surface area contributed by atoms with Crippen LogP contribution in [0.5, 0.6) is 5.75 Å². The summed E-state index contributed by atoms with van der Waals surface area (Å²) in [5.74, 6) is 0.418. The van der Waals surface area contributed by atoms with Gasteiger partial charge in [-0.1, -0.05) is 11.6 Å². The number of sulfonamides is 1. The lowest BCUT2D eigenvalue weighted by molar-refractivity contribution is 0.414. The van der Waals surface area contributed by atoms with Gasteiger partial charge in [0.1, 0.15) is 5.75 Å². The molecule has 0 saturated carbocycles. The number of aromatic nitrogens is 2. The molecule has 0 fully saturated rings. The minimum absolute atomic E-state index is 0.0757. The Morgan fingerprint density at radius 3 is 2.54 bits per heavy atom. The van der Waals surface area contributed by atoms with Gasteiger partial charge >= 0.3 is 0 Å². The Morgan fingerprint density at radius 2 is 1.85 bits per heavy atom. The Hall–Kier alpha value is -2.48. The number of methoxy groups -OCH3 is 1. The lowest BCUT2D eigenvalue weighted by atomic mass is 10.1. The molecule has 0 bridgehead atoms. The highest BCUT2D eigenvalue weighted by Crippen LogP contribution is 2.27. The first-order valence-corrected chi connectivity index (χ1v) is 9.54. The molecule has 26 heavy (non-hydrogen) atoms. The Balaban J connectivity index is 1.77. The lowest BCUT2D eigenvalue weighted by Crippen LogP contribution is -2.23. The molecule has 3 rings (SSSR count). The molecule has 0 aliphatic heterocycles. The number of benzene rings is 1. The van der Waals surface area contributed by atoms with Crippen molar-refractivity contribution in [2.24, 2.45) is 0 Å². The van der Waals surface area contributed by atoms with Crippen LogP contribution >= 0.6 is 11.6 Å². The number of hydrogen-bond acceptors (Lipinski definition) is 5. The Bertz CT molecular complexity index is 1010. The molecule has 0 atom stereocenters. The van der Waals surface area contributed by atoms with Gasteiger partial charge in [-0.25, -0.2) is 13.1 Å². The smallest absolute Gasteiger partial charge is 0.240 e. The van der Waals surface area contributed by atoms with Crippen molar-refractivity contribution in [2.75, 3.05) is 7.11 Å². The third kappa shape index (κ3) is 4.19. The van der Waals surface area contributed by atoms with Crippen molar-refractivity contribution in [1.82, 2.24) is 14.7 Å². The van der Waals surface area contributed by atoms with Gasteiger partial charge in [-0.15, -0.1) is 0 Å². The highest BCUT2D eigenvalue weighted by molar-refractivity contribution is 7.89. The predicted molar refractivity (Wildman–Crippen MR) is 99.5 cm³/mol. The van der Waals surface area contributed by atoms with Crippen LogP contribution in [-0.4, -0.2) is 25.5 Å². The van der Waals surface area contributed by atoms with E-state index < -0.39 is 10.0 Å². The summed E-state index contributed by atoms with van der Waals surface area (Å²) in [6.07, 6.45) is 5.00. The van der Waals surface area contributed by atoms with Crippen LogP contribution in [0.25, 0.3) is 11.3 Å². The first kappa shape index (κ1) is 18.3. The fourth-order valence-corrected chi connectivity index (χ4v) is 3.71. The third-order valence-electron chi connectivity index (χ3n) is 3.70. The van der Waals surface area contributed by atoms with Crippen molar-refractivity contribution in [3.63, 3.8) is 0 Å². The van der Waals surface area contributed by atoms with E-state index in [1.54, 1.807) is 24.7 Å². The predicted octanol–water partition coefficient (Wildman–Crippen LogP) is 3.28. The second-order valence-electron chi connectivity index (χ2n) is 5.41. The molecule has 8 heteroatoms. The number of hydrogen-bond donors (Lipinski definition) is 1. The highest BCUT2D eigenvalue weighted by atomic mass is 35.5. The minimum Gasteiger partial charge on any atom is -0.495 e. The van der Waals surface area contributed by atoms with Crippen LogP contribution in [-0.2, 0) is 16.6 Å². The van der Waals surface area contributed by atoms with E-state index in [4.69, 9.17) is 16.3 Å². The van der Waals surface area contributed by atoms with Crippen molar-refractivity contribution in [3.8, 4) is 17.0 Å². The normalized spacial score (nSPS) is 11.3. The molecule has 0 aliphatic carbocycles. The number of nitrogens with zero attached hydrogens (tertiary/aromatic N) is 2. The van der Waals surface area contributed by atoms with E-state index in [9.17, 15) is 8.42 Å². The van der Waals surface area contributed by atoms with E-state index in [2.05, 4.69) is 14.7 Å². The zero-order valence-electron chi connectivity index (χ0n) is 13.9. The largest absolute Gasteiger partial charge is 0.495 e. The molecule has 0 saturated heterocycles. The molecule has 0 spiro atoms. The Labute approximate surface area is 156 Å². The molecule has 2 aromatic heterocycles. The van der Waals surface area contributed by atoms with Gasteiger partial charge in [0.05, 0.1) is 22.7 Å². The van der Waals surface area contributed by atoms with Gasteiger partial charge in [-0.2, -0.15) is 0 Å². The van der Waals surface area contributed by atoms with E-state index >= 15 is 0 Å². The van der Waals surface area contributed by atoms with Crippen LogP contribution in [0, 0.1) is 0 Å². The molecule has 0 aliphatic rings. The Kier molecular flexibility index (Phi) is 5.51. The molecule has 6 nitrogen and oxygen atoms in total. The van der Waals surface area contributed by atoms with Crippen molar-refractivity contribution < 1.29 is 13.2 Å². The molecule has 1 N–H and O–H groups in total. The molecular formula is C18H16ClN3O3S. The Morgan fingerprint density at radius 1 is 1.08 bits per heavy atom. The fraction of sp³-hybridized carbons (Fsp3) is 0.111. The van der Waals surface area contributed by atoms with Crippen LogP contribution in [0.15, 0.2) is 66.0 Å². The average molecular weight is 390 g/mol. The van der Waals surface area contributed by atoms with E-state index in [-0.39, 0.29) is 16.5 Å². The van der Waals surface area contributed by atoms with Crippen molar-refractivity contribution in [2.45, 2.75) is 11.4 Å². The minimum atomic E-state index is -3.70. The monoisotopic (exact) mass is 389 g/mol. The van der Waals surface area contributed by atoms with Gasteiger partial charge in [0.25, 0.3) is 0 Å².